The second kappa shape index (κ2) is 8.10. The average molecular weight is 339 g/mol. The van der Waals surface area contributed by atoms with Crippen LogP contribution in [-0.4, -0.2) is 40.6 Å². The van der Waals surface area contributed by atoms with Crippen LogP contribution in [0.1, 0.15) is 45.2 Å². The van der Waals surface area contributed by atoms with E-state index in [1.165, 1.54) is 6.07 Å². The molecule has 0 saturated heterocycles. The molecule has 1 unspecified atom stereocenters. The highest BCUT2D eigenvalue weighted by molar-refractivity contribution is 5.97. The third-order valence-electron chi connectivity index (χ3n) is 3.47. The predicted octanol–water partition coefficient (Wildman–Crippen LogP) is 2.47. The Morgan fingerprint density at radius 2 is 2.08 bits per heavy atom. The van der Waals surface area contributed by atoms with Gasteiger partial charge in [0.25, 0.3) is 0 Å². The number of nitrogens with two attached hydrogens (primary N) is 1. The molecule has 0 aromatic heterocycles. The van der Waals surface area contributed by atoms with Gasteiger partial charge in [0.05, 0.1) is 0 Å². The Morgan fingerprint density at radius 3 is 2.54 bits per heavy atom. The molecule has 0 spiro atoms. The van der Waals surface area contributed by atoms with Crippen molar-refractivity contribution in [1.29, 1.82) is 0 Å². The van der Waals surface area contributed by atoms with Gasteiger partial charge in [0, 0.05) is 17.7 Å². The summed E-state index contributed by atoms with van der Waals surface area (Å²) in [5, 5.41) is 11.5. The Morgan fingerprint density at radius 1 is 1.46 bits per heavy atom. The van der Waals surface area contributed by atoms with Gasteiger partial charge in [0.15, 0.2) is 5.84 Å². The number of likely N-dealkylation sites (N-methyl/N-ethyl adjacent to an activating group) is 1. The summed E-state index contributed by atoms with van der Waals surface area (Å²) in [6, 6.07) is 3.86. The number of nitrogens with zero attached hydrogens (tertiary/aromatic N) is 2. The van der Waals surface area contributed by atoms with E-state index in [0.29, 0.717) is 17.5 Å². The fraction of sp³-hybridized carbons (Fsp3) is 0.529. The lowest BCUT2D eigenvalue weighted by atomic mass is 10.1. The molecular weight excluding hydrogens is 313 g/mol. The van der Waals surface area contributed by atoms with Gasteiger partial charge in [-0.1, -0.05) is 24.2 Å². The van der Waals surface area contributed by atoms with Crippen molar-refractivity contribution in [2.24, 2.45) is 10.9 Å². The highest BCUT2D eigenvalue weighted by Gasteiger charge is 2.27. The zero-order chi connectivity index (χ0) is 18.5. The number of benzene rings is 1. The van der Waals surface area contributed by atoms with Crippen molar-refractivity contribution in [2.75, 3.05) is 7.05 Å². The number of oxime groups is 1. The first-order valence-electron chi connectivity index (χ1n) is 7.78. The number of carbonyl (C=O) groups is 1. The van der Waals surface area contributed by atoms with Crippen molar-refractivity contribution in [3.63, 3.8) is 0 Å². The minimum atomic E-state index is -0.570. The SMILES string of the molecule is CCC(C(=O)OC(C)(C)C)N(C)Cc1ccc(C(N)=NO)cc1F. The number of esters is 1. The molecule has 6 nitrogen and oxygen atoms in total. The molecule has 1 atom stereocenters. The van der Waals surface area contributed by atoms with Crippen LogP contribution < -0.4 is 5.73 Å². The number of hydrogen-bond acceptors (Lipinski definition) is 5. The number of rotatable bonds is 6. The fourth-order valence-electron chi connectivity index (χ4n) is 2.30. The summed E-state index contributed by atoms with van der Waals surface area (Å²) in [5.74, 6) is -0.972. The van der Waals surface area contributed by atoms with Crippen LogP contribution in [0.15, 0.2) is 23.4 Å². The number of amidine groups is 1. The second-order valence-corrected chi connectivity index (χ2v) is 6.66. The quantitative estimate of drug-likeness (QED) is 0.273. The first-order chi connectivity index (χ1) is 11.1. The van der Waals surface area contributed by atoms with Crippen molar-refractivity contribution >= 4 is 11.8 Å². The summed E-state index contributed by atoms with van der Waals surface area (Å²) in [6.45, 7) is 7.54. The topological polar surface area (TPSA) is 88.2 Å². The van der Waals surface area contributed by atoms with Crippen LogP contribution in [0.25, 0.3) is 0 Å². The van der Waals surface area contributed by atoms with E-state index in [4.69, 9.17) is 15.7 Å². The van der Waals surface area contributed by atoms with E-state index in [0.717, 1.165) is 0 Å². The van der Waals surface area contributed by atoms with Crippen LogP contribution in [0.4, 0.5) is 4.39 Å². The van der Waals surface area contributed by atoms with Gasteiger partial charge < -0.3 is 15.7 Å². The van der Waals surface area contributed by atoms with E-state index < -0.39 is 17.5 Å². The Bertz CT molecular complexity index is 612. The standard InChI is InChI=1S/C17H26FN3O3/c1-6-14(16(22)24-17(2,3)4)21(5)10-12-8-7-11(9-13(12)18)15(19)20-23/h7-9,14,23H,6,10H2,1-5H3,(H2,19,20). The second-order valence-electron chi connectivity index (χ2n) is 6.66. The lowest BCUT2D eigenvalue weighted by Crippen LogP contribution is -2.41. The maximum absolute atomic E-state index is 14.2. The Kier molecular flexibility index (Phi) is 6.71. The Labute approximate surface area is 142 Å². The molecule has 0 aliphatic carbocycles. The molecule has 0 saturated carbocycles. The van der Waals surface area contributed by atoms with Gasteiger partial charge in [0.2, 0.25) is 0 Å². The van der Waals surface area contributed by atoms with Gasteiger partial charge in [-0.15, -0.1) is 0 Å². The minimum Gasteiger partial charge on any atom is -0.459 e. The molecule has 0 aliphatic heterocycles. The van der Waals surface area contributed by atoms with Crippen molar-refractivity contribution < 1.29 is 19.1 Å². The summed E-state index contributed by atoms with van der Waals surface area (Å²) in [6.07, 6.45) is 0.551. The summed E-state index contributed by atoms with van der Waals surface area (Å²) in [7, 11) is 1.75. The van der Waals surface area contributed by atoms with Crippen LogP contribution in [0.2, 0.25) is 0 Å². The van der Waals surface area contributed by atoms with Crippen molar-refractivity contribution in [2.45, 2.75) is 52.3 Å². The first kappa shape index (κ1) is 19.9. The van der Waals surface area contributed by atoms with Crippen LogP contribution in [0.5, 0.6) is 0 Å². The van der Waals surface area contributed by atoms with Crippen LogP contribution in [0.3, 0.4) is 0 Å². The van der Waals surface area contributed by atoms with E-state index in [-0.39, 0.29) is 18.3 Å². The number of hydrogen-bond donors (Lipinski definition) is 2. The molecule has 0 amide bonds. The molecule has 0 fully saturated rings. The summed E-state index contributed by atoms with van der Waals surface area (Å²) in [4.78, 5) is 14.0. The van der Waals surface area contributed by atoms with Crippen LogP contribution in [0, 0.1) is 5.82 Å². The molecule has 24 heavy (non-hydrogen) atoms. The van der Waals surface area contributed by atoms with E-state index in [1.807, 2.05) is 27.7 Å². The molecule has 134 valence electrons. The molecule has 1 rings (SSSR count). The maximum atomic E-state index is 14.2. The Hall–Kier alpha value is -2.15. The predicted molar refractivity (Wildman–Crippen MR) is 90.3 cm³/mol. The van der Waals surface area contributed by atoms with Crippen LogP contribution >= 0.6 is 0 Å². The largest absolute Gasteiger partial charge is 0.459 e. The molecule has 1 aromatic rings. The molecule has 1 aromatic carbocycles. The van der Waals surface area contributed by atoms with Gasteiger partial charge in [-0.05, 0) is 40.3 Å². The molecular formula is C17H26FN3O3. The van der Waals surface area contributed by atoms with Crippen molar-refractivity contribution in [1.82, 2.24) is 4.90 Å². The molecule has 0 heterocycles. The van der Waals surface area contributed by atoms with E-state index in [9.17, 15) is 9.18 Å². The van der Waals surface area contributed by atoms with E-state index in [1.54, 1.807) is 24.1 Å². The van der Waals surface area contributed by atoms with E-state index in [2.05, 4.69) is 5.16 Å². The van der Waals surface area contributed by atoms with Gasteiger partial charge in [-0.3, -0.25) is 9.69 Å². The van der Waals surface area contributed by atoms with Gasteiger partial charge in [-0.2, -0.15) is 0 Å². The zero-order valence-corrected chi connectivity index (χ0v) is 14.8. The number of carbonyl (C=O) groups excluding carboxylic acids is 1. The maximum Gasteiger partial charge on any atom is 0.323 e. The van der Waals surface area contributed by atoms with Gasteiger partial charge in [-0.25, -0.2) is 4.39 Å². The van der Waals surface area contributed by atoms with Gasteiger partial charge in [0.1, 0.15) is 17.5 Å². The monoisotopic (exact) mass is 339 g/mol. The average Bonchev–Trinajstić information content (AvgIpc) is 2.47. The third kappa shape index (κ3) is 5.49. The van der Waals surface area contributed by atoms with Gasteiger partial charge >= 0.3 is 5.97 Å². The number of halogens is 1. The summed E-state index contributed by atoms with van der Waals surface area (Å²) < 4.78 is 19.6. The Balaban J connectivity index is 2.89. The first-order valence-corrected chi connectivity index (χ1v) is 7.78. The highest BCUT2D eigenvalue weighted by atomic mass is 19.1. The lowest BCUT2D eigenvalue weighted by molar-refractivity contribution is -0.161. The summed E-state index contributed by atoms with van der Waals surface area (Å²) >= 11 is 0. The van der Waals surface area contributed by atoms with Crippen LogP contribution in [-0.2, 0) is 16.1 Å². The molecule has 7 heteroatoms. The molecule has 0 aliphatic rings. The molecule has 0 radical (unpaired) electrons. The van der Waals surface area contributed by atoms with Crippen molar-refractivity contribution in [3.8, 4) is 0 Å². The zero-order valence-electron chi connectivity index (χ0n) is 14.8. The molecule has 0 bridgehead atoms. The lowest BCUT2D eigenvalue weighted by Gasteiger charge is -2.29. The van der Waals surface area contributed by atoms with E-state index >= 15 is 0 Å². The fourth-order valence-corrected chi connectivity index (χ4v) is 2.30. The highest BCUT2D eigenvalue weighted by Crippen LogP contribution is 2.17. The smallest absolute Gasteiger partial charge is 0.323 e. The molecule has 3 N–H and O–H groups in total. The minimum absolute atomic E-state index is 0.158. The van der Waals surface area contributed by atoms with Crippen molar-refractivity contribution in [3.05, 3.63) is 35.1 Å². The third-order valence-corrected chi connectivity index (χ3v) is 3.47. The normalized spacial score (nSPS) is 13.9. The summed E-state index contributed by atoms with van der Waals surface area (Å²) in [5.41, 5.74) is 5.58. The number of ether oxygens (including phenoxy) is 1.